The van der Waals surface area contributed by atoms with Crippen LogP contribution in [0.5, 0.6) is 0 Å². The Morgan fingerprint density at radius 2 is 1.52 bits per heavy atom. The highest BCUT2D eigenvalue weighted by Crippen LogP contribution is 2.25. The summed E-state index contributed by atoms with van der Waals surface area (Å²) < 4.78 is 10.2. The molecule has 1 saturated heterocycles. The van der Waals surface area contributed by atoms with Crippen molar-refractivity contribution >= 4 is 24.0 Å². The molecular formula is C34H37NO5. The van der Waals surface area contributed by atoms with Crippen molar-refractivity contribution in [3.63, 3.8) is 0 Å². The summed E-state index contributed by atoms with van der Waals surface area (Å²) in [4.78, 5) is 40.0. The van der Waals surface area contributed by atoms with Crippen LogP contribution in [-0.2, 0) is 33.5 Å². The lowest BCUT2D eigenvalue weighted by molar-refractivity contribution is -0.133. The number of cyclic esters (lactones) is 1. The Bertz CT molecular complexity index is 1340. The molecule has 6 heteroatoms. The van der Waals surface area contributed by atoms with Gasteiger partial charge in [0.2, 0.25) is 5.91 Å². The van der Waals surface area contributed by atoms with E-state index < -0.39 is 18.0 Å². The summed E-state index contributed by atoms with van der Waals surface area (Å²) in [5.41, 5.74) is 4.55. The molecule has 0 unspecified atom stereocenters. The van der Waals surface area contributed by atoms with Gasteiger partial charge in [0.15, 0.2) is 0 Å². The van der Waals surface area contributed by atoms with Gasteiger partial charge in [0.1, 0.15) is 6.61 Å². The van der Waals surface area contributed by atoms with Gasteiger partial charge in [-0.3, -0.25) is 4.79 Å². The van der Waals surface area contributed by atoms with E-state index in [0.717, 1.165) is 22.3 Å². The van der Waals surface area contributed by atoms with Gasteiger partial charge in [-0.15, -0.1) is 0 Å². The highest BCUT2D eigenvalue weighted by Gasteiger charge is 2.40. The van der Waals surface area contributed by atoms with Crippen LogP contribution >= 0.6 is 0 Å². The topological polar surface area (TPSA) is 72.9 Å². The third-order valence-corrected chi connectivity index (χ3v) is 6.96. The summed E-state index contributed by atoms with van der Waals surface area (Å²) in [7, 11) is 1.34. The van der Waals surface area contributed by atoms with Gasteiger partial charge in [-0.2, -0.15) is 0 Å². The van der Waals surface area contributed by atoms with Gasteiger partial charge in [0.05, 0.1) is 18.7 Å². The molecule has 0 saturated carbocycles. The largest absolute Gasteiger partial charge is 0.465 e. The SMILES string of the molecule is COC(=O)c1ccc(C[C@H](Cc2ccc(/C=C/C(C)(C)C)cc2)C(=O)N2C(=O)OC[C@H]2Cc2ccccc2)cc1. The number of esters is 1. The molecule has 0 aromatic heterocycles. The molecule has 1 aliphatic rings. The Balaban J connectivity index is 1.58. The molecule has 3 aromatic carbocycles. The van der Waals surface area contributed by atoms with Gasteiger partial charge in [0, 0.05) is 5.92 Å². The first-order valence-electron chi connectivity index (χ1n) is 13.6. The van der Waals surface area contributed by atoms with Crippen molar-refractivity contribution in [1.29, 1.82) is 0 Å². The molecule has 40 heavy (non-hydrogen) atoms. The zero-order valence-corrected chi connectivity index (χ0v) is 23.6. The predicted molar refractivity (Wildman–Crippen MR) is 156 cm³/mol. The van der Waals surface area contributed by atoms with Crippen LogP contribution in [0.15, 0.2) is 84.9 Å². The van der Waals surface area contributed by atoms with Crippen LogP contribution in [0.4, 0.5) is 4.79 Å². The molecular weight excluding hydrogens is 502 g/mol. The molecule has 0 N–H and O–H groups in total. The van der Waals surface area contributed by atoms with Gasteiger partial charge in [-0.1, -0.05) is 99.7 Å². The summed E-state index contributed by atoms with van der Waals surface area (Å²) in [5.74, 6) is -1.16. The number of nitrogens with zero attached hydrogens (tertiary/aromatic N) is 1. The van der Waals surface area contributed by atoms with Crippen LogP contribution in [0.1, 0.15) is 53.4 Å². The number of hydrogen-bond acceptors (Lipinski definition) is 5. The molecule has 1 fully saturated rings. The van der Waals surface area contributed by atoms with E-state index in [1.165, 1.54) is 12.0 Å². The first kappa shape index (κ1) is 28.8. The van der Waals surface area contributed by atoms with E-state index in [1.807, 2.05) is 66.7 Å². The van der Waals surface area contributed by atoms with E-state index in [1.54, 1.807) is 12.1 Å². The normalized spacial score (nSPS) is 16.1. The van der Waals surface area contributed by atoms with Crippen LogP contribution < -0.4 is 0 Å². The Labute approximate surface area is 236 Å². The third kappa shape index (κ3) is 7.69. The molecule has 1 heterocycles. The average molecular weight is 540 g/mol. The number of allylic oxidation sites excluding steroid dienone is 1. The summed E-state index contributed by atoms with van der Waals surface area (Å²) in [6.45, 7) is 6.63. The van der Waals surface area contributed by atoms with Gasteiger partial charge in [-0.05, 0) is 59.1 Å². The lowest BCUT2D eigenvalue weighted by atomic mass is 9.90. The van der Waals surface area contributed by atoms with E-state index in [9.17, 15) is 14.4 Å². The molecule has 0 aliphatic carbocycles. The number of rotatable bonds is 9. The summed E-state index contributed by atoms with van der Waals surface area (Å²) >= 11 is 0. The minimum atomic E-state index is -0.598. The first-order chi connectivity index (χ1) is 19.1. The fraction of sp³-hybridized carbons (Fsp3) is 0.324. The van der Waals surface area contributed by atoms with E-state index in [2.05, 4.69) is 32.9 Å². The molecule has 0 radical (unpaired) electrons. The van der Waals surface area contributed by atoms with Crippen molar-refractivity contribution in [2.75, 3.05) is 13.7 Å². The minimum Gasteiger partial charge on any atom is -0.465 e. The Kier molecular flexibility index (Phi) is 9.20. The predicted octanol–water partition coefficient (Wildman–Crippen LogP) is 6.52. The van der Waals surface area contributed by atoms with E-state index in [4.69, 9.17) is 9.47 Å². The van der Waals surface area contributed by atoms with Gasteiger partial charge >= 0.3 is 12.1 Å². The van der Waals surface area contributed by atoms with Crippen molar-refractivity contribution in [3.8, 4) is 0 Å². The number of methoxy groups -OCH3 is 1. The van der Waals surface area contributed by atoms with Crippen molar-refractivity contribution < 1.29 is 23.9 Å². The smallest absolute Gasteiger partial charge is 0.416 e. The second-order valence-electron chi connectivity index (χ2n) is 11.4. The van der Waals surface area contributed by atoms with Crippen LogP contribution in [0.2, 0.25) is 0 Å². The van der Waals surface area contributed by atoms with Gasteiger partial charge in [-0.25, -0.2) is 14.5 Å². The molecule has 0 bridgehead atoms. The van der Waals surface area contributed by atoms with Crippen molar-refractivity contribution in [1.82, 2.24) is 4.90 Å². The Morgan fingerprint density at radius 1 is 0.925 bits per heavy atom. The highest BCUT2D eigenvalue weighted by molar-refractivity contribution is 5.95. The third-order valence-electron chi connectivity index (χ3n) is 6.96. The number of benzene rings is 3. The fourth-order valence-corrected chi connectivity index (χ4v) is 4.79. The molecule has 1 aliphatic heterocycles. The second-order valence-corrected chi connectivity index (χ2v) is 11.4. The second kappa shape index (κ2) is 12.8. The number of hydrogen-bond donors (Lipinski definition) is 0. The highest BCUT2D eigenvalue weighted by atomic mass is 16.6. The summed E-state index contributed by atoms with van der Waals surface area (Å²) in [5, 5.41) is 0. The lowest BCUT2D eigenvalue weighted by Gasteiger charge is -2.25. The number of carbonyl (C=O) groups excluding carboxylic acids is 3. The molecule has 2 amide bonds. The first-order valence-corrected chi connectivity index (χ1v) is 13.6. The van der Waals surface area contributed by atoms with Crippen LogP contribution in [0.25, 0.3) is 6.08 Å². The summed E-state index contributed by atoms with van der Waals surface area (Å²) in [6, 6.07) is 24.7. The van der Waals surface area contributed by atoms with Gasteiger partial charge < -0.3 is 9.47 Å². The van der Waals surface area contributed by atoms with E-state index in [0.29, 0.717) is 24.8 Å². The maximum atomic E-state index is 14.0. The fourth-order valence-electron chi connectivity index (χ4n) is 4.79. The maximum Gasteiger partial charge on any atom is 0.416 e. The van der Waals surface area contributed by atoms with E-state index in [-0.39, 0.29) is 24.0 Å². The summed E-state index contributed by atoms with van der Waals surface area (Å²) in [6.07, 6.45) is 5.08. The van der Waals surface area contributed by atoms with Crippen molar-refractivity contribution in [2.45, 2.75) is 46.1 Å². The molecule has 6 nitrogen and oxygen atoms in total. The Morgan fingerprint density at radius 3 is 2.10 bits per heavy atom. The molecule has 0 spiro atoms. The molecule has 208 valence electrons. The maximum absolute atomic E-state index is 14.0. The molecule has 4 rings (SSSR count). The minimum absolute atomic E-state index is 0.0836. The van der Waals surface area contributed by atoms with Gasteiger partial charge in [0.25, 0.3) is 0 Å². The van der Waals surface area contributed by atoms with Crippen molar-refractivity contribution in [2.24, 2.45) is 11.3 Å². The quantitative estimate of drug-likeness (QED) is 0.289. The number of amides is 2. The van der Waals surface area contributed by atoms with Crippen LogP contribution in [0, 0.1) is 11.3 Å². The lowest BCUT2D eigenvalue weighted by Crippen LogP contribution is -2.44. The zero-order valence-electron chi connectivity index (χ0n) is 23.6. The van der Waals surface area contributed by atoms with E-state index >= 15 is 0 Å². The average Bonchev–Trinajstić information content (AvgIpc) is 3.31. The van der Waals surface area contributed by atoms with Crippen LogP contribution in [-0.4, -0.2) is 42.6 Å². The monoisotopic (exact) mass is 539 g/mol. The number of imide groups is 1. The molecule has 3 aromatic rings. The van der Waals surface area contributed by atoms with Crippen LogP contribution in [0.3, 0.4) is 0 Å². The number of ether oxygens (including phenoxy) is 2. The Hall–Kier alpha value is -4.19. The standard InChI is InChI=1S/C34H37NO5/c1-34(2,3)19-18-24-10-12-26(13-11-24)20-29(21-27-14-16-28(17-15-27)32(37)39-4)31(36)35-30(23-40-33(35)38)22-25-8-6-5-7-9-25/h5-19,29-30H,20-23H2,1-4H3/b19-18+/t29-,30+/m0/s1. The zero-order chi connectivity index (χ0) is 28.7. The molecule has 2 atom stereocenters. The van der Waals surface area contributed by atoms with Crippen molar-refractivity contribution in [3.05, 3.63) is 113 Å². The number of carbonyl (C=O) groups is 3.